The van der Waals surface area contributed by atoms with Crippen molar-refractivity contribution in [2.24, 2.45) is 0 Å². The number of thiocarbonyl (C=S) groups is 1. The summed E-state index contributed by atoms with van der Waals surface area (Å²) in [5.74, 6) is 0. The van der Waals surface area contributed by atoms with Gasteiger partial charge in [-0.05, 0) is 6.42 Å². The summed E-state index contributed by atoms with van der Waals surface area (Å²) >= 11 is 4.45. The van der Waals surface area contributed by atoms with Gasteiger partial charge >= 0.3 is 0 Å². The lowest BCUT2D eigenvalue weighted by Crippen LogP contribution is -2.54. The van der Waals surface area contributed by atoms with Gasteiger partial charge in [-0.15, -0.1) is 0 Å². The molecule has 0 rings (SSSR count). The SMILES string of the molecule is [2H]C(=S)[C@@](O)(CC)[C@@H](O)[C@H](O)[C@H](O)CO. The highest BCUT2D eigenvalue weighted by Crippen LogP contribution is 2.18. The van der Waals surface area contributed by atoms with Gasteiger partial charge in [-0.3, -0.25) is 0 Å². The fraction of sp³-hybridized carbons (Fsp3) is 0.875. The van der Waals surface area contributed by atoms with Crippen molar-refractivity contribution in [1.82, 2.24) is 0 Å². The Balaban J connectivity index is 4.79. The molecule has 0 saturated heterocycles. The van der Waals surface area contributed by atoms with Crippen LogP contribution in [-0.4, -0.2) is 61.4 Å². The number of hydrogen-bond donors (Lipinski definition) is 5. The van der Waals surface area contributed by atoms with Crippen LogP contribution < -0.4 is 0 Å². The predicted molar refractivity (Wildman–Crippen MR) is 54.0 cm³/mol. The quantitative estimate of drug-likeness (QED) is 0.342. The van der Waals surface area contributed by atoms with Crippen molar-refractivity contribution in [1.29, 1.82) is 0 Å². The molecular formula is C8H16O5S. The van der Waals surface area contributed by atoms with Gasteiger partial charge in [-0.1, -0.05) is 19.1 Å². The average molecular weight is 225 g/mol. The van der Waals surface area contributed by atoms with Crippen LogP contribution in [0.15, 0.2) is 0 Å². The van der Waals surface area contributed by atoms with E-state index in [1.165, 1.54) is 6.92 Å². The van der Waals surface area contributed by atoms with E-state index in [2.05, 4.69) is 12.2 Å². The first-order valence-electron chi connectivity index (χ1n) is 4.69. The van der Waals surface area contributed by atoms with E-state index in [-0.39, 0.29) is 6.42 Å². The van der Waals surface area contributed by atoms with Crippen LogP contribution in [0.1, 0.15) is 14.7 Å². The van der Waals surface area contributed by atoms with Crippen molar-refractivity contribution >= 4 is 17.6 Å². The molecule has 84 valence electrons. The van der Waals surface area contributed by atoms with Gasteiger partial charge in [0.1, 0.15) is 23.9 Å². The van der Waals surface area contributed by atoms with Crippen LogP contribution in [0.2, 0.25) is 0 Å². The molecule has 0 aromatic heterocycles. The number of hydrogen-bond acceptors (Lipinski definition) is 6. The van der Waals surface area contributed by atoms with Crippen LogP contribution in [0.4, 0.5) is 0 Å². The van der Waals surface area contributed by atoms with Gasteiger partial charge in [-0.2, -0.15) is 0 Å². The molecule has 0 radical (unpaired) electrons. The lowest BCUT2D eigenvalue weighted by atomic mass is 9.90. The summed E-state index contributed by atoms with van der Waals surface area (Å²) in [4.78, 5) is 0. The fourth-order valence-corrected chi connectivity index (χ4v) is 1.21. The zero-order chi connectivity index (χ0) is 12.2. The first-order valence-corrected chi connectivity index (χ1v) is 4.60. The second-order valence-electron chi connectivity index (χ2n) is 3.07. The first-order chi connectivity index (χ1) is 6.81. The molecule has 0 heterocycles. The molecular weight excluding hydrogens is 208 g/mol. The zero-order valence-corrected chi connectivity index (χ0v) is 8.61. The Labute approximate surface area is 89.0 Å². The third-order valence-corrected chi connectivity index (χ3v) is 2.46. The molecule has 0 aliphatic heterocycles. The Morgan fingerprint density at radius 2 is 2.00 bits per heavy atom. The van der Waals surface area contributed by atoms with Crippen LogP contribution in [-0.2, 0) is 0 Å². The minimum atomic E-state index is -2.06. The smallest absolute Gasteiger partial charge is 0.121 e. The fourth-order valence-electron chi connectivity index (χ4n) is 0.943. The van der Waals surface area contributed by atoms with Crippen molar-refractivity contribution in [3.63, 3.8) is 0 Å². The molecule has 0 aliphatic rings. The van der Waals surface area contributed by atoms with E-state index in [4.69, 9.17) is 11.6 Å². The molecule has 0 aromatic carbocycles. The summed E-state index contributed by atoms with van der Waals surface area (Å²) in [6.45, 7) is 0.713. The van der Waals surface area contributed by atoms with Gasteiger partial charge < -0.3 is 25.5 Å². The minimum absolute atomic E-state index is 0.0777. The van der Waals surface area contributed by atoms with Gasteiger partial charge in [0, 0.05) is 5.34 Å². The van der Waals surface area contributed by atoms with E-state index >= 15 is 0 Å². The highest BCUT2D eigenvalue weighted by molar-refractivity contribution is 7.79. The summed E-state index contributed by atoms with van der Waals surface area (Å²) in [5.41, 5.74) is -2.06. The van der Waals surface area contributed by atoms with Gasteiger partial charge in [0.05, 0.1) is 7.98 Å². The van der Waals surface area contributed by atoms with Crippen LogP contribution in [0.3, 0.4) is 0 Å². The first kappa shape index (κ1) is 12.0. The standard InChI is InChI=1S/C8H16O5S/c1-2-8(13,4-14)7(12)6(11)5(10)3-9/h4-7,9-13H,2-3H2,1H3/t5-,6-,7+,8+/m1/s1/i4D. The summed E-state index contributed by atoms with van der Waals surface area (Å²) in [6.07, 6.45) is -5.24. The zero-order valence-electron chi connectivity index (χ0n) is 8.79. The maximum atomic E-state index is 9.75. The molecule has 0 aromatic rings. The van der Waals surface area contributed by atoms with Crippen LogP contribution >= 0.6 is 12.2 Å². The van der Waals surface area contributed by atoms with Gasteiger partial charge in [0.25, 0.3) is 0 Å². The Morgan fingerprint density at radius 3 is 2.29 bits per heavy atom. The van der Waals surface area contributed by atoms with Gasteiger partial charge in [0.2, 0.25) is 0 Å². The van der Waals surface area contributed by atoms with Crippen molar-refractivity contribution < 1.29 is 26.9 Å². The molecule has 6 heteroatoms. The second kappa shape index (κ2) is 5.69. The molecule has 0 spiro atoms. The van der Waals surface area contributed by atoms with Crippen LogP contribution in [0.25, 0.3) is 0 Å². The van der Waals surface area contributed by atoms with Crippen molar-refractivity contribution in [3.05, 3.63) is 0 Å². The molecule has 0 unspecified atom stereocenters. The van der Waals surface area contributed by atoms with E-state index in [0.29, 0.717) is 0 Å². The molecule has 0 bridgehead atoms. The number of rotatable bonds is 6. The van der Waals surface area contributed by atoms with Gasteiger partial charge in [-0.25, -0.2) is 0 Å². The van der Waals surface area contributed by atoms with E-state index in [0.717, 1.165) is 0 Å². The third kappa shape index (κ3) is 2.94. The normalized spacial score (nSPS) is 23.1. The van der Waals surface area contributed by atoms with E-state index in [9.17, 15) is 15.3 Å². The molecule has 5 nitrogen and oxygen atoms in total. The van der Waals surface area contributed by atoms with Gasteiger partial charge in [0.15, 0.2) is 0 Å². The van der Waals surface area contributed by atoms with Crippen LogP contribution in [0.5, 0.6) is 0 Å². The number of aliphatic hydroxyl groups excluding tert-OH is 4. The lowest BCUT2D eigenvalue weighted by Gasteiger charge is -2.32. The Kier molecular flexibility index (Phi) is 4.86. The topological polar surface area (TPSA) is 101 Å². The molecule has 0 amide bonds. The monoisotopic (exact) mass is 225 g/mol. The molecule has 14 heavy (non-hydrogen) atoms. The summed E-state index contributed by atoms with van der Waals surface area (Å²) in [7, 11) is 0. The number of aliphatic hydroxyl groups is 5. The van der Waals surface area contributed by atoms with Crippen molar-refractivity contribution in [3.8, 4) is 0 Å². The Bertz CT molecular complexity index is 227. The second-order valence-corrected chi connectivity index (χ2v) is 3.27. The van der Waals surface area contributed by atoms with Crippen molar-refractivity contribution in [2.45, 2.75) is 37.3 Å². The molecule has 4 atom stereocenters. The average Bonchev–Trinajstić information content (AvgIpc) is 2.24. The maximum absolute atomic E-state index is 9.75. The van der Waals surface area contributed by atoms with E-state index in [1.807, 2.05) is 0 Å². The Hall–Kier alpha value is -0.110. The van der Waals surface area contributed by atoms with E-state index in [1.54, 1.807) is 0 Å². The van der Waals surface area contributed by atoms with Crippen molar-refractivity contribution in [2.75, 3.05) is 6.61 Å². The highest BCUT2D eigenvalue weighted by Gasteiger charge is 2.39. The Morgan fingerprint density at radius 1 is 1.50 bits per heavy atom. The van der Waals surface area contributed by atoms with E-state index < -0.39 is 35.9 Å². The summed E-state index contributed by atoms with van der Waals surface area (Å²) in [6, 6.07) is 0. The minimum Gasteiger partial charge on any atom is -0.394 e. The molecule has 0 saturated carbocycles. The predicted octanol–water partition coefficient (Wildman–Crippen LogP) is -1.80. The lowest BCUT2D eigenvalue weighted by molar-refractivity contribution is -0.132. The molecule has 0 aliphatic carbocycles. The van der Waals surface area contributed by atoms with Crippen LogP contribution in [0, 0.1) is 0 Å². The summed E-state index contributed by atoms with van der Waals surface area (Å²) in [5, 5.41) is 45.6. The highest BCUT2D eigenvalue weighted by atomic mass is 32.1. The molecule has 5 N–H and O–H groups in total. The maximum Gasteiger partial charge on any atom is 0.121 e. The third-order valence-electron chi connectivity index (χ3n) is 2.11. The largest absolute Gasteiger partial charge is 0.394 e. The summed E-state index contributed by atoms with van der Waals surface area (Å²) < 4.78 is 7.12. The molecule has 0 fully saturated rings.